The van der Waals surface area contributed by atoms with E-state index in [-0.39, 0.29) is 0 Å². The van der Waals surface area contributed by atoms with Gasteiger partial charge in [-0.2, -0.15) is 0 Å². The summed E-state index contributed by atoms with van der Waals surface area (Å²) in [7, 11) is -1.30. The molecular weight excluding hydrogens is 172 g/mol. The number of hydrogen-bond acceptors (Lipinski definition) is 0. The minimum Gasteiger partial charge on any atom is -0.0918 e. The maximum Gasteiger partial charge on any atom is 0.0859 e. The van der Waals surface area contributed by atoms with E-state index in [1.165, 1.54) is 5.20 Å². The van der Waals surface area contributed by atoms with E-state index < -0.39 is 8.07 Å². The molecular formula is C12H20Si. The van der Waals surface area contributed by atoms with Gasteiger partial charge >= 0.3 is 0 Å². The van der Waals surface area contributed by atoms with Crippen molar-refractivity contribution >= 4 is 8.07 Å². The maximum absolute atomic E-state index is 3.96. The van der Waals surface area contributed by atoms with Crippen molar-refractivity contribution in [1.82, 2.24) is 0 Å². The van der Waals surface area contributed by atoms with Gasteiger partial charge in [0.2, 0.25) is 0 Å². The second kappa shape index (κ2) is 2.98. The molecule has 0 saturated carbocycles. The molecule has 1 aliphatic rings. The summed E-state index contributed by atoms with van der Waals surface area (Å²) in [6.07, 6.45) is 6.62. The fraction of sp³-hybridized carbons (Fsp3) is 0.500. The third-order valence-corrected chi connectivity index (χ3v) is 8.92. The van der Waals surface area contributed by atoms with Gasteiger partial charge < -0.3 is 0 Å². The van der Waals surface area contributed by atoms with Gasteiger partial charge in [-0.1, -0.05) is 63.9 Å². The van der Waals surface area contributed by atoms with Crippen molar-refractivity contribution in [1.29, 1.82) is 0 Å². The third-order valence-electron chi connectivity index (χ3n) is 3.41. The van der Waals surface area contributed by atoms with Crippen molar-refractivity contribution in [2.24, 2.45) is 0 Å². The first-order valence-electron chi connectivity index (χ1n) is 4.84. The summed E-state index contributed by atoms with van der Waals surface area (Å²) in [5.41, 5.74) is 1.15. The molecule has 0 nitrogen and oxygen atoms in total. The van der Waals surface area contributed by atoms with Gasteiger partial charge in [0.05, 0.1) is 8.07 Å². The Bertz CT molecular complexity index is 285. The van der Waals surface area contributed by atoms with Gasteiger partial charge in [-0.15, -0.1) is 0 Å². The highest BCUT2D eigenvalue weighted by Crippen LogP contribution is 2.42. The van der Waals surface area contributed by atoms with Crippen molar-refractivity contribution in [3.05, 3.63) is 35.6 Å². The number of rotatable bonds is 1. The Kier molecular flexibility index (Phi) is 2.41. The molecule has 1 aliphatic carbocycles. The minimum atomic E-state index is -1.30. The zero-order chi connectivity index (χ0) is 10.3. The molecule has 0 atom stereocenters. The van der Waals surface area contributed by atoms with Crippen LogP contribution in [0.5, 0.6) is 0 Å². The summed E-state index contributed by atoms with van der Waals surface area (Å²) < 4.78 is 0. The van der Waals surface area contributed by atoms with Gasteiger partial charge in [0.1, 0.15) is 0 Å². The summed E-state index contributed by atoms with van der Waals surface area (Å²) in [5, 5.41) is 1.96. The molecule has 1 rings (SSSR count). The van der Waals surface area contributed by atoms with Crippen LogP contribution in [0.25, 0.3) is 0 Å². The SMILES string of the molecule is C=C1C=CC([Si](C)(C)C(C)(C)C)=C1. The Morgan fingerprint density at radius 2 is 1.69 bits per heavy atom. The summed E-state index contributed by atoms with van der Waals surface area (Å²) in [6, 6.07) is 0. The Morgan fingerprint density at radius 3 is 2.00 bits per heavy atom. The molecule has 1 heteroatoms. The molecule has 0 aromatic carbocycles. The first kappa shape index (κ1) is 10.5. The predicted molar refractivity (Wildman–Crippen MR) is 63.6 cm³/mol. The van der Waals surface area contributed by atoms with Crippen LogP contribution in [0, 0.1) is 0 Å². The van der Waals surface area contributed by atoms with Crippen molar-refractivity contribution in [2.45, 2.75) is 38.9 Å². The minimum absolute atomic E-state index is 0.424. The molecule has 13 heavy (non-hydrogen) atoms. The Balaban J connectivity index is 3.02. The van der Waals surface area contributed by atoms with Crippen molar-refractivity contribution in [3.63, 3.8) is 0 Å². The fourth-order valence-corrected chi connectivity index (χ4v) is 3.23. The normalized spacial score (nSPS) is 17.9. The fourth-order valence-electron chi connectivity index (χ4n) is 1.31. The van der Waals surface area contributed by atoms with Crippen LogP contribution >= 0.6 is 0 Å². The standard InChI is InChI=1S/C12H20Si/c1-10-7-8-11(9-10)13(5,6)12(2,3)4/h7-9H,1H2,2-6H3. The van der Waals surface area contributed by atoms with Gasteiger partial charge in [0.15, 0.2) is 0 Å². The predicted octanol–water partition coefficient (Wildman–Crippen LogP) is 4.09. The molecule has 0 saturated heterocycles. The van der Waals surface area contributed by atoms with E-state index in [1.807, 2.05) is 0 Å². The van der Waals surface area contributed by atoms with Gasteiger partial charge in [-0.05, 0) is 10.6 Å². The Hall–Kier alpha value is -0.563. The molecule has 0 spiro atoms. The van der Waals surface area contributed by atoms with Crippen LogP contribution in [0.3, 0.4) is 0 Å². The Morgan fingerprint density at radius 1 is 1.15 bits per heavy atom. The maximum atomic E-state index is 3.96. The van der Waals surface area contributed by atoms with Crippen LogP contribution in [0.1, 0.15) is 20.8 Å². The van der Waals surface area contributed by atoms with Gasteiger partial charge in [-0.25, -0.2) is 0 Å². The lowest BCUT2D eigenvalue weighted by atomic mass is 10.2. The number of allylic oxidation sites excluding steroid dienone is 5. The zero-order valence-corrected chi connectivity index (χ0v) is 10.4. The lowest BCUT2D eigenvalue weighted by Crippen LogP contribution is -2.38. The summed E-state index contributed by atoms with van der Waals surface area (Å²) >= 11 is 0. The lowest BCUT2D eigenvalue weighted by Gasteiger charge is -2.37. The first-order chi connectivity index (χ1) is 5.75. The van der Waals surface area contributed by atoms with Gasteiger partial charge in [-0.3, -0.25) is 0 Å². The molecule has 0 unspecified atom stereocenters. The molecule has 72 valence electrons. The molecule has 0 heterocycles. The van der Waals surface area contributed by atoms with E-state index in [2.05, 4.69) is 58.7 Å². The molecule has 0 radical (unpaired) electrons. The topological polar surface area (TPSA) is 0 Å². The quantitative estimate of drug-likeness (QED) is 0.549. The Labute approximate surface area is 83.1 Å². The smallest absolute Gasteiger partial charge is 0.0859 e. The van der Waals surface area contributed by atoms with E-state index in [0.29, 0.717) is 5.04 Å². The van der Waals surface area contributed by atoms with Crippen molar-refractivity contribution < 1.29 is 0 Å². The summed E-state index contributed by atoms with van der Waals surface area (Å²) in [5.74, 6) is 0. The highest BCUT2D eigenvalue weighted by atomic mass is 28.3. The molecule has 0 aromatic rings. The highest BCUT2D eigenvalue weighted by molar-refractivity contribution is 6.87. The largest absolute Gasteiger partial charge is 0.0918 e. The van der Waals surface area contributed by atoms with Crippen LogP contribution in [-0.4, -0.2) is 8.07 Å². The first-order valence-corrected chi connectivity index (χ1v) is 7.84. The molecule has 0 aliphatic heterocycles. The van der Waals surface area contributed by atoms with E-state index in [0.717, 1.165) is 5.57 Å². The van der Waals surface area contributed by atoms with Crippen molar-refractivity contribution in [3.8, 4) is 0 Å². The van der Waals surface area contributed by atoms with E-state index in [9.17, 15) is 0 Å². The average molecular weight is 192 g/mol. The molecule has 0 N–H and O–H groups in total. The average Bonchev–Trinajstić information content (AvgIpc) is 2.33. The van der Waals surface area contributed by atoms with Crippen LogP contribution in [0.4, 0.5) is 0 Å². The molecule has 0 bridgehead atoms. The second-order valence-corrected chi connectivity index (χ2v) is 10.7. The van der Waals surface area contributed by atoms with Crippen LogP contribution < -0.4 is 0 Å². The van der Waals surface area contributed by atoms with Gasteiger partial charge in [0, 0.05) is 0 Å². The third kappa shape index (κ3) is 1.85. The molecule has 0 aromatic heterocycles. The summed E-state index contributed by atoms with van der Waals surface area (Å²) in [6.45, 7) is 15.9. The molecule has 0 fully saturated rings. The summed E-state index contributed by atoms with van der Waals surface area (Å²) in [4.78, 5) is 0. The monoisotopic (exact) mass is 192 g/mol. The molecule has 0 amide bonds. The zero-order valence-electron chi connectivity index (χ0n) is 9.44. The van der Waals surface area contributed by atoms with E-state index in [4.69, 9.17) is 0 Å². The van der Waals surface area contributed by atoms with Crippen LogP contribution in [0.15, 0.2) is 35.6 Å². The second-order valence-electron chi connectivity index (χ2n) is 5.38. The number of hydrogen-bond donors (Lipinski definition) is 0. The van der Waals surface area contributed by atoms with E-state index in [1.54, 1.807) is 0 Å². The van der Waals surface area contributed by atoms with Crippen molar-refractivity contribution in [2.75, 3.05) is 0 Å². The highest BCUT2D eigenvalue weighted by Gasteiger charge is 2.38. The lowest BCUT2D eigenvalue weighted by molar-refractivity contribution is 0.726. The van der Waals surface area contributed by atoms with Crippen LogP contribution in [-0.2, 0) is 0 Å². The van der Waals surface area contributed by atoms with E-state index >= 15 is 0 Å². The van der Waals surface area contributed by atoms with Gasteiger partial charge in [0.25, 0.3) is 0 Å². The van der Waals surface area contributed by atoms with Crippen LogP contribution in [0.2, 0.25) is 18.1 Å².